The van der Waals surface area contributed by atoms with Gasteiger partial charge in [0.15, 0.2) is 0 Å². The van der Waals surface area contributed by atoms with Gasteiger partial charge in [-0.25, -0.2) is 4.79 Å². The van der Waals surface area contributed by atoms with Crippen molar-refractivity contribution in [3.63, 3.8) is 0 Å². The molecule has 0 aromatic heterocycles. The van der Waals surface area contributed by atoms with Gasteiger partial charge < -0.3 is 9.47 Å². The number of anilines is 1. The van der Waals surface area contributed by atoms with Gasteiger partial charge in [0.05, 0.1) is 11.5 Å². The van der Waals surface area contributed by atoms with E-state index in [0.717, 1.165) is 18.9 Å². The molecular formula is C16H19F3N2O5. The topological polar surface area (TPSA) is 90.7 Å². The van der Waals surface area contributed by atoms with Gasteiger partial charge in [0.25, 0.3) is 5.69 Å². The van der Waals surface area contributed by atoms with Crippen LogP contribution in [0.2, 0.25) is 0 Å². The zero-order valence-electron chi connectivity index (χ0n) is 14.5. The van der Waals surface area contributed by atoms with Crippen molar-refractivity contribution in [2.45, 2.75) is 45.4 Å². The summed E-state index contributed by atoms with van der Waals surface area (Å²) in [6.07, 6.45) is -4.14. The Balaban J connectivity index is 2.39. The van der Waals surface area contributed by atoms with Crippen LogP contribution in [0.4, 0.5) is 29.3 Å². The van der Waals surface area contributed by atoms with Crippen molar-refractivity contribution in [1.29, 1.82) is 0 Å². The molecule has 0 aliphatic heterocycles. The van der Waals surface area contributed by atoms with E-state index in [1.54, 1.807) is 20.8 Å². The second kappa shape index (κ2) is 7.00. The maximum atomic E-state index is 13.2. The van der Waals surface area contributed by atoms with E-state index in [1.807, 2.05) is 0 Å². The van der Waals surface area contributed by atoms with Gasteiger partial charge in [-0.3, -0.25) is 15.4 Å². The van der Waals surface area contributed by atoms with Crippen LogP contribution in [0.15, 0.2) is 12.1 Å². The van der Waals surface area contributed by atoms with Gasteiger partial charge in [-0.2, -0.15) is 13.2 Å². The molecule has 0 saturated heterocycles. The predicted octanol–water partition coefficient (Wildman–Crippen LogP) is 4.75. The highest BCUT2D eigenvalue weighted by atomic mass is 19.4. The number of alkyl halides is 3. The third kappa shape index (κ3) is 5.50. The first kappa shape index (κ1) is 19.8. The van der Waals surface area contributed by atoms with Crippen LogP contribution in [0, 0.1) is 16.0 Å². The van der Waals surface area contributed by atoms with Crippen molar-refractivity contribution in [2.75, 3.05) is 11.9 Å². The van der Waals surface area contributed by atoms with Crippen molar-refractivity contribution < 1.29 is 32.4 Å². The molecule has 10 heteroatoms. The maximum absolute atomic E-state index is 13.2. The Labute approximate surface area is 147 Å². The summed E-state index contributed by atoms with van der Waals surface area (Å²) in [6, 6.07) is 1.17. The lowest BCUT2D eigenvalue weighted by atomic mass is 10.1. The molecule has 1 fully saturated rings. The molecule has 0 atom stereocenters. The Bertz CT molecular complexity index is 709. The highest BCUT2D eigenvalue weighted by Gasteiger charge is 2.38. The summed E-state index contributed by atoms with van der Waals surface area (Å²) in [6.45, 7) is 4.82. The van der Waals surface area contributed by atoms with Gasteiger partial charge in [-0.05, 0) is 39.5 Å². The molecular weight excluding hydrogens is 357 g/mol. The summed E-state index contributed by atoms with van der Waals surface area (Å²) >= 11 is 0. The normalized spacial score (nSPS) is 14.7. The number of halogens is 3. The van der Waals surface area contributed by atoms with Crippen LogP contribution in [0.1, 0.15) is 39.2 Å². The summed E-state index contributed by atoms with van der Waals surface area (Å²) < 4.78 is 49.9. The number of nitrogens with zero attached hydrogens (tertiary/aromatic N) is 1. The van der Waals surface area contributed by atoms with Gasteiger partial charge >= 0.3 is 12.3 Å². The lowest BCUT2D eigenvalue weighted by Crippen LogP contribution is -2.27. The Morgan fingerprint density at radius 1 is 1.31 bits per heavy atom. The first-order chi connectivity index (χ1) is 11.9. The van der Waals surface area contributed by atoms with E-state index in [2.05, 4.69) is 5.32 Å². The summed E-state index contributed by atoms with van der Waals surface area (Å²) in [5, 5.41) is 13.3. The molecule has 144 valence electrons. The average molecular weight is 376 g/mol. The molecule has 0 heterocycles. The van der Waals surface area contributed by atoms with Gasteiger partial charge in [0.1, 0.15) is 22.6 Å². The summed E-state index contributed by atoms with van der Waals surface area (Å²) in [5.74, 6) is -0.394. The van der Waals surface area contributed by atoms with Crippen molar-refractivity contribution in [1.82, 2.24) is 0 Å². The Morgan fingerprint density at radius 2 is 1.92 bits per heavy atom. The summed E-state index contributed by atoms with van der Waals surface area (Å²) in [4.78, 5) is 22.0. The fraction of sp³-hybridized carbons (Fsp3) is 0.562. The van der Waals surface area contributed by atoms with E-state index in [9.17, 15) is 28.1 Å². The minimum absolute atomic E-state index is 0.0762. The molecule has 7 nitrogen and oxygen atoms in total. The second-order valence-corrected chi connectivity index (χ2v) is 7.00. The van der Waals surface area contributed by atoms with Gasteiger partial charge in [-0.1, -0.05) is 0 Å². The molecule has 0 bridgehead atoms. The number of hydrogen-bond donors (Lipinski definition) is 1. The summed E-state index contributed by atoms with van der Waals surface area (Å²) in [7, 11) is 0. The molecule has 1 aliphatic carbocycles. The Kier molecular flexibility index (Phi) is 5.33. The number of carbonyl (C=O) groups excluding carboxylic acids is 1. The minimum atomic E-state index is -4.84. The molecule has 1 N–H and O–H groups in total. The highest BCUT2D eigenvalue weighted by molar-refractivity contribution is 5.89. The van der Waals surface area contributed by atoms with Crippen LogP contribution >= 0.6 is 0 Å². The molecule has 0 radical (unpaired) electrons. The van der Waals surface area contributed by atoms with Crippen molar-refractivity contribution in [3.05, 3.63) is 27.8 Å². The lowest BCUT2D eigenvalue weighted by Gasteiger charge is -2.20. The van der Waals surface area contributed by atoms with Crippen LogP contribution in [0.3, 0.4) is 0 Å². The quantitative estimate of drug-likeness (QED) is 0.592. The Morgan fingerprint density at radius 3 is 2.38 bits per heavy atom. The van der Waals surface area contributed by atoms with Crippen LogP contribution < -0.4 is 10.1 Å². The smallest absolute Gasteiger partial charge is 0.420 e. The van der Waals surface area contributed by atoms with E-state index in [0.29, 0.717) is 6.07 Å². The summed E-state index contributed by atoms with van der Waals surface area (Å²) in [5.41, 5.74) is -3.47. The van der Waals surface area contributed by atoms with Crippen LogP contribution in [0.5, 0.6) is 5.75 Å². The van der Waals surface area contributed by atoms with Crippen molar-refractivity contribution in [2.24, 2.45) is 5.92 Å². The number of carbonyl (C=O) groups is 1. The number of hydrogen-bond acceptors (Lipinski definition) is 5. The molecule has 0 unspecified atom stereocenters. The maximum Gasteiger partial charge on any atom is 0.420 e. The molecule has 0 spiro atoms. The molecule has 2 rings (SSSR count). The second-order valence-electron chi connectivity index (χ2n) is 7.00. The van der Waals surface area contributed by atoms with Gasteiger partial charge in [-0.15, -0.1) is 0 Å². The number of nitro groups is 1. The number of amides is 1. The first-order valence-corrected chi connectivity index (χ1v) is 7.89. The van der Waals surface area contributed by atoms with E-state index in [1.165, 1.54) is 0 Å². The number of nitro benzene ring substituents is 1. The van der Waals surface area contributed by atoms with Crippen LogP contribution in [-0.2, 0) is 10.9 Å². The molecule has 1 aliphatic rings. The number of ether oxygens (including phenoxy) is 2. The fourth-order valence-corrected chi connectivity index (χ4v) is 2.07. The van der Waals surface area contributed by atoms with Crippen molar-refractivity contribution in [3.8, 4) is 5.75 Å². The zero-order valence-corrected chi connectivity index (χ0v) is 14.5. The third-order valence-electron chi connectivity index (χ3n) is 3.41. The van der Waals surface area contributed by atoms with Crippen LogP contribution in [0.25, 0.3) is 0 Å². The van der Waals surface area contributed by atoms with E-state index >= 15 is 0 Å². The molecule has 1 amide bonds. The molecule has 1 aromatic rings. The highest BCUT2D eigenvalue weighted by Crippen LogP contribution is 2.43. The Hall–Kier alpha value is -2.52. The first-order valence-electron chi connectivity index (χ1n) is 7.89. The number of benzene rings is 1. The largest absolute Gasteiger partial charge is 0.493 e. The average Bonchev–Trinajstić information content (AvgIpc) is 3.25. The van der Waals surface area contributed by atoms with Crippen molar-refractivity contribution >= 4 is 17.5 Å². The lowest BCUT2D eigenvalue weighted by molar-refractivity contribution is -0.384. The van der Waals surface area contributed by atoms with E-state index in [4.69, 9.17) is 9.47 Å². The van der Waals surface area contributed by atoms with Crippen LogP contribution in [-0.4, -0.2) is 23.2 Å². The SMILES string of the molecule is CC(C)(C)OC(=O)Nc1cc(OCC2CC2)c(C(F)(F)F)cc1[N+](=O)[O-]. The number of rotatable bonds is 5. The third-order valence-corrected chi connectivity index (χ3v) is 3.41. The number of nitrogens with one attached hydrogen (secondary N) is 1. The molecule has 1 aromatic carbocycles. The van der Waals surface area contributed by atoms with E-state index in [-0.39, 0.29) is 12.5 Å². The molecule has 1 saturated carbocycles. The standard InChI is InChI=1S/C16H19F3N2O5/c1-15(2,3)26-14(22)20-11-7-13(25-8-9-4-5-9)10(16(17,18)19)6-12(11)21(23)24/h6-7,9H,4-5,8H2,1-3H3,(H,20,22). The fourth-order valence-electron chi connectivity index (χ4n) is 2.07. The zero-order chi connectivity index (χ0) is 19.7. The van der Waals surface area contributed by atoms with Gasteiger partial charge in [0.2, 0.25) is 0 Å². The minimum Gasteiger partial charge on any atom is -0.493 e. The monoisotopic (exact) mass is 376 g/mol. The van der Waals surface area contributed by atoms with Gasteiger partial charge in [0, 0.05) is 12.1 Å². The predicted molar refractivity (Wildman–Crippen MR) is 86.2 cm³/mol. The van der Waals surface area contributed by atoms with E-state index < -0.39 is 45.5 Å². The molecule has 26 heavy (non-hydrogen) atoms.